The number of aromatic nitrogens is 2. The summed E-state index contributed by atoms with van der Waals surface area (Å²) in [5.41, 5.74) is 0.958. The van der Waals surface area contributed by atoms with Crippen LogP contribution >= 0.6 is 23.4 Å². The maximum absolute atomic E-state index is 5.91. The highest BCUT2D eigenvalue weighted by Gasteiger charge is 2.14. The summed E-state index contributed by atoms with van der Waals surface area (Å²) in [5, 5.41) is 1.36. The van der Waals surface area contributed by atoms with Crippen molar-refractivity contribution in [2.45, 2.75) is 50.0 Å². The first-order valence-corrected chi connectivity index (χ1v) is 7.28. The minimum atomic E-state index is 0.562. The van der Waals surface area contributed by atoms with Gasteiger partial charge in [0.1, 0.15) is 11.0 Å². The largest absolute Gasteiger partial charge is 0.237 e. The van der Waals surface area contributed by atoms with E-state index in [9.17, 15) is 0 Å². The lowest BCUT2D eigenvalue weighted by Gasteiger charge is -2.20. The van der Waals surface area contributed by atoms with Crippen molar-refractivity contribution in [1.82, 2.24) is 9.97 Å². The highest BCUT2D eigenvalue weighted by atomic mass is 35.5. The molecule has 0 radical (unpaired) electrons. The van der Waals surface area contributed by atoms with Crippen LogP contribution in [-0.2, 0) is 5.75 Å². The fourth-order valence-electron chi connectivity index (χ4n) is 2.08. The molecule has 4 heteroatoms. The van der Waals surface area contributed by atoms with E-state index in [4.69, 9.17) is 11.6 Å². The van der Waals surface area contributed by atoms with Crippen LogP contribution < -0.4 is 0 Å². The van der Waals surface area contributed by atoms with Crippen molar-refractivity contribution in [2.75, 3.05) is 0 Å². The molecular weight excluding hydrogens is 240 g/mol. The Morgan fingerprint density at radius 3 is 2.75 bits per heavy atom. The summed E-state index contributed by atoms with van der Waals surface area (Å²) in [6.07, 6.45) is 6.87. The zero-order valence-corrected chi connectivity index (χ0v) is 11.2. The number of hydrogen-bond donors (Lipinski definition) is 0. The molecule has 0 bridgehead atoms. The molecule has 0 amide bonds. The van der Waals surface area contributed by atoms with Crippen molar-refractivity contribution in [3.05, 3.63) is 22.7 Å². The normalized spacial score (nSPS) is 17.6. The van der Waals surface area contributed by atoms with E-state index in [2.05, 4.69) is 9.97 Å². The summed E-state index contributed by atoms with van der Waals surface area (Å²) in [4.78, 5) is 8.65. The minimum absolute atomic E-state index is 0.562. The van der Waals surface area contributed by atoms with Crippen molar-refractivity contribution >= 4 is 23.4 Å². The van der Waals surface area contributed by atoms with Crippen LogP contribution in [0.3, 0.4) is 0 Å². The van der Waals surface area contributed by atoms with Gasteiger partial charge in [0, 0.05) is 10.9 Å². The molecule has 1 aromatic heterocycles. The Labute approximate surface area is 106 Å². The Balaban J connectivity index is 1.88. The van der Waals surface area contributed by atoms with Crippen molar-refractivity contribution in [3.63, 3.8) is 0 Å². The summed E-state index contributed by atoms with van der Waals surface area (Å²) < 4.78 is 0. The second-order valence-electron chi connectivity index (χ2n) is 4.32. The molecule has 2 rings (SSSR count). The van der Waals surface area contributed by atoms with Gasteiger partial charge in [-0.05, 0) is 25.8 Å². The van der Waals surface area contributed by atoms with Gasteiger partial charge in [-0.25, -0.2) is 9.97 Å². The van der Waals surface area contributed by atoms with Gasteiger partial charge in [-0.2, -0.15) is 11.8 Å². The van der Waals surface area contributed by atoms with Crippen LogP contribution in [0.4, 0.5) is 0 Å². The predicted molar refractivity (Wildman–Crippen MR) is 69.9 cm³/mol. The molecule has 2 nitrogen and oxygen atoms in total. The Bertz CT molecular complexity index is 331. The second-order valence-corrected chi connectivity index (χ2v) is 6.00. The third-order valence-corrected chi connectivity index (χ3v) is 4.43. The number of thioether (sulfide) groups is 1. The molecule has 1 fully saturated rings. The molecule has 0 aliphatic heterocycles. The van der Waals surface area contributed by atoms with Gasteiger partial charge in [-0.1, -0.05) is 30.9 Å². The molecule has 88 valence electrons. The first kappa shape index (κ1) is 12.2. The van der Waals surface area contributed by atoms with Crippen LogP contribution in [-0.4, -0.2) is 15.2 Å². The molecule has 0 atom stereocenters. The maximum atomic E-state index is 5.91. The summed E-state index contributed by atoms with van der Waals surface area (Å²) in [5.74, 6) is 1.77. The quantitative estimate of drug-likeness (QED) is 0.765. The number of halogens is 1. The van der Waals surface area contributed by atoms with Crippen LogP contribution in [0.5, 0.6) is 0 Å². The zero-order chi connectivity index (χ0) is 11.4. The highest BCUT2D eigenvalue weighted by molar-refractivity contribution is 7.99. The van der Waals surface area contributed by atoms with E-state index >= 15 is 0 Å². The third-order valence-electron chi connectivity index (χ3n) is 2.87. The van der Waals surface area contributed by atoms with Gasteiger partial charge >= 0.3 is 0 Å². The fourth-order valence-corrected chi connectivity index (χ4v) is 3.51. The second kappa shape index (κ2) is 5.87. The number of rotatable bonds is 3. The lowest BCUT2D eigenvalue weighted by molar-refractivity contribution is 0.516. The molecule has 0 saturated heterocycles. The zero-order valence-electron chi connectivity index (χ0n) is 9.58. The number of hydrogen-bond acceptors (Lipinski definition) is 3. The standard InChI is InChI=1S/C12H17ClN2S/c1-9-7-11(13)15-12(14-9)8-16-10-5-3-2-4-6-10/h7,10H,2-6,8H2,1H3. The predicted octanol–water partition coefficient (Wildman–Crippen LogP) is 4.00. The molecule has 1 aliphatic rings. The van der Waals surface area contributed by atoms with E-state index in [1.165, 1.54) is 32.1 Å². The first-order chi connectivity index (χ1) is 7.74. The molecule has 1 heterocycles. The van der Waals surface area contributed by atoms with E-state index in [1.54, 1.807) is 6.07 Å². The van der Waals surface area contributed by atoms with Crippen molar-refractivity contribution < 1.29 is 0 Å². The first-order valence-electron chi connectivity index (χ1n) is 5.86. The molecule has 1 saturated carbocycles. The lowest BCUT2D eigenvalue weighted by atomic mass is 10.0. The Morgan fingerprint density at radius 2 is 2.06 bits per heavy atom. The van der Waals surface area contributed by atoms with Gasteiger partial charge in [0.2, 0.25) is 0 Å². The van der Waals surface area contributed by atoms with Crippen molar-refractivity contribution in [1.29, 1.82) is 0 Å². The molecule has 0 N–H and O–H groups in total. The number of aryl methyl sites for hydroxylation is 1. The molecular formula is C12H17ClN2S. The maximum Gasteiger partial charge on any atom is 0.140 e. The van der Waals surface area contributed by atoms with E-state index in [1.807, 2.05) is 18.7 Å². The van der Waals surface area contributed by atoms with Crippen LogP contribution in [0.2, 0.25) is 5.15 Å². The van der Waals surface area contributed by atoms with Gasteiger partial charge in [-0.15, -0.1) is 0 Å². The van der Waals surface area contributed by atoms with E-state index in [0.29, 0.717) is 5.15 Å². The van der Waals surface area contributed by atoms with Gasteiger partial charge in [-0.3, -0.25) is 0 Å². The van der Waals surface area contributed by atoms with Gasteiger partial charge in [0.25, 0.3) is 0 Å². The smallest absolute Gasteiger partial charge is 0.140 e. The van der Waals surface area contributed by atoms with Crippen LogP contribution in [0.15, 0.2) is 6.07 Å². The molecule has 0 unspecified atom stereocenters. The molecule has 16 heavy (non-hydrogen) atoms. The summed E-state index contributed by atoms with van der Waals surface area (Å²) in [6, 6.07) is 1.80. The lowest BCUT2D eigenvalue weighted by Crippen LogP contribution is -2.09. The Morgan fingerprint density at radius 1 is 1.31 bits per heavy atom. The third kappa shape index (κ3) is 3.63. The average Bonchev–Trinajstić information content (AvgIpc) is 2.27. The van der Waals surface area contributed by atoms with Gasteiger partial charge in [0.05, 0.1) is 5.75 Å². The minimum Gasteiger partial charge on any atom is -0.237 e. The van der Waals surface area contributed by atoms with Crippen LogP contribution in [0, 0.1) is 6.92 Å². The van der Waals surface area contributed by atoms with Crippen LogP contribution in [0.1, 0.15) is 43.6 Å². The highest BCUT2D eigenvalue weighted by Crippen LogP contribution is 2.29. The summed E-state index contributed by atoms with van der Waals surface area (Å²) in [7, 11) is 0. The number of nitrogens with zero attached hydrogens (tertiary/aromatic N) is 2. The molecule has 0 aromatic carbocycles. The summed E-state index contributed by atoms with van der Waals surface area (Å²) >= 11 is 7.90. The van der Waals surface area contributed by atoms with Gasteiger partial charge < -0.3 is 0 Å². The van der Waals surface area contributed by atoms with E-state index < -0.39 is 0 Å². The summed E-state index contributed by atoms with van der Waals surface area (Å²) in [6.45, 7) is 1.96. The molecule has 0 spiro atoms. The fraction of sp³-hybridized carbons (Fsp3) is 0.667. The Kier molecular flexibility index (Phi) is 4.47. The average molecular weight is 257 g/mol. The Hall–Kier alpha value is -0.280. The monoisotopic (exact) mass is 256 g/mol. The molecule has 1 aliphatic carbocycles. The topological polar surface area (TPSA) is 25.8 Å². The SMILES string of the molecule is Cc1cc(Cl)nc(CSC2CCCCC2)n1. The molecule has 1 aromatic rings. The van der Waals surface area contributed by atoms with Crippen molar-refractivity contribution in [2.24, 2.45) is 0 Å². The van der Waals surface area contributed by atoms with Crippen molar-refractivity contribution in [3.8, 4) is 0 Å². The van der Waals surface area contributed by atoms with E-state index in [0.717, 1.165) is 22.5 Å². The van der Waals surface area contributed by atoms with Crippen LogP contribution in [0.25, 0.3) is 0 Å². The van der Waals surface area contributed by atoms with E-state index in [-0.39, 0.29) is 0 Å². The van der Waals surface area contributed by atoms with Gasteiger partial charge in [0.15, 0.2) is 0 Å².